The van der Waals surface area contributed by atoms with Gasteiger partial charge in [0.05, 0.1) is 6.54 Å². The number of Topliss-reactive ketones (excluding diaryl/α,β-unsaturated/α-hetero) is 1. The summed E-state index contributed by atoms with van der Waals surface area (Å²) < 4.78 is 0.997. The third-order valence-corrected chi connectivity index (χ3v) is 4.34. The molecule has 0 unspecified atom stereocenters. The van der Waals surface area contributed by atoms with E-state index >= 15 is 0 Å². The number of rotatable bonds is 5. The van der Waals surface area contributed by atoms with Crippen LogP contribution in [-0.4, -0.2) is 12.3 Å². The molecule has 2 aromatic rings. The molecule has 100 valence electrons. The van der Waals surface area contributed by atoms with E-state index in [1.54, 1.807) is 18.3 Å². The van der Waals surface area contributed by atoms with Crippen molar-refractivity contribution < 1.29 is 4.79 Å². The zero-order chi connectivity index (χ0) is 13.8. The van der Waals surface area contributed by atoms with Crippen molar-refractivity contribution in [3.8, 4) is 0 Å². The Morgan fingerprint density at radius 1 is 1.37 bits per heavy atom. The molecule has 0 fully saturated rings. The second-order valence-corrected chi connectivity index (χ2v) is 6.26. The van der Waals surface area contributed by atoms with Crippen LogP contribution in [0.2, 0.25) is 0 Å². The zero-order valence-corrected chi connectivity index (χ0v) is 13.4. The van der Waals surface area contributed by atoms with E-state index in [9.17, 15) is 4.79 Å². The fourth-order valence-corrected chi connectivity index (χ4v) is 3.09. The highest BCUT2D eigenvalue weighted by Crippen LogP contribution is 2.27. The molecule has 0 radical (unpaired) electrons. The Morgan fingerprint density at radius 2 is 2.16 bits per heavy atom. The maximum absolute atomic E-state index is 11.8. The molecule has 19 heavy (non-hydrogen) atoms. The second kappa shape index (κ2) is 6.35. The number of carbonyl (C=O) groups is 1. The van der Waals surface area contributed by atoms with Gasteiger partial charge in [0.2, 0.25) is 0 Å². The monoisotopic (exact) mass is 337 g/mol. The topological polar surface area (TPSA) is 20.3 Å². The van der Waals surface area contributed by atoms with E-state index in [0.717, 1.165) is 28.8 Å². The minimum absolute atomic E-state index is 0.104. The zero-order valence-electron chi connectivity index (χ0n) is 11.0. The second-order valence-electron chi connectivity index (χ2n) is 4.31. The van der Waals surface area contributed by atoms with E-state index < -0.39 is 0 Å². The average molecular weight is 338 g/mol. The lowest BCUT2D eigenvalue weighted by Crippen LogP contribution is -2.23. The van der Waals surface area contributed by atoms with Gasteiger partial charge in [-0.25, -0.2) is 0 Å². The summed E-state index contributed by atoms with van der Waals surface area (Å²) in [6.45, 7) is 5.43. The molecule has 0 saturated heterocycles. The number of hydrogen-bond acceptors (Lipinski definition) is 3. The molecule has 0 spiro atoms. The van der Waals surface area contributed by atoms with Crippen LogP contribution in [0.15, 0.2) is 40.2 Å². The van der Waals surface area contributed by atoms with E-state index in [0.29, 0.717) is 0 Å². The third kappa shape index (κ3) is 3.45. The van der Waals surface area contributed by atoms with E-state index in [2.05, 4.69) is 45.3 Å². The van der Waals surface area contributed by atoms with Gasteiger partial charge in [0, 0.05) is 27.1 Å². The molecular weight excluding hydrogens is 322 g/mol. The molecule has 1 aromatic heterocycles. The molecular formula is C15H16BrNOS. The number of ketones is 1. The normalized spacial score (nSPS) is 10.5. The molecule has 1 heterocycles. The predicted molar refractivity (Wildman–Crippen MR) is 85.2 cm³/mol. The molecule has 1 aromatic carbocycles. The molecule has 0 amide bonds. The smallest absolute Gasteiger partial charge is 0.161 e. The summed E-state index contributed by atoms with van der Waals surface area (Å²) in [5.74, 6) is 0.104. The predicted octanol–water partition coefficient (Wildman–Crippen LogP) is 4.74. The summed E-state index contributed by atoms with van der Waals surface area (Å²) in [6, 6.07) is 10.0. The van der Waals surface area contributed by atoms with E-state index in [1.807, 2.05) is 18.2 Å². The SMILES string of the molecule is CCN(Cc1cccs1)c1cc(Br)ccc1C(C)=O. The van der Waals surface area contributed by atoms with Crippen LogP contribution in [0.25, 0.3) is 0 Å². The van der Waals surface area contributed by atoms with Crippen molar-refractivity contribution >= 4 is 38.7 Å². The van der Waals surface area contributed by atoms with Gasteiger partial charge in [0.1, 0.15) is 0 Å². The highest BCUT2D eigenvalue weighted by Gasteiger charge is 2.14. The highest BCUT2D eigenvalue weighted by molar-refractivity contribution is 9.10. The first-order valence-corrected chi connectivity index (χ1v) is 7.87. The van der Waals surface area contributed by atoms with Crippen molar-refractivity contribution in [1.29, 1.82) is 0 Å². The van der Waals surface area contributed by atoms with E-state index in [-0.39, 0.29) is 5.78 Å². The molecule has 0 bridgehead atoms. The summed E-state index contributed by atoms with van der Waals surface area (Å²) in [5.41, 5.74) is 1.78. The van der Waals surface area contributed by atoms with Gasteiger partial charge in [0.15, 0.2) is 5.78 Å². The van der Waals surface area contributed by atoms with Gasteiger partial charge in [0.25, 0.3) is 0 Å². The fraction of sp³-hybridized carbons (Fsp3) is 0.267. The van der Waals surface area contributed by atoms with Crippen molar-refractivity contribution in [3.63, 3.8) is 0 Å². The van der Waals surface area contributed by atoms with Crippen LogP contribution >= 0.6 is 27.3 Å². The highest BCUT2D eigenvalue weighted by atomic mass is 79.9. The quantitative estimate of drug-likeness (QED) is 0.734. The van der Waals surface area contributed by atoms with Gasteiger partial charge in [-0.1, -0.05) is 22.0 Å². The van der Waals surface area contributed by atoms with Crippen LogP contribution in [-0.2, 0) is 6.54 Å². The Morgan fingerprint density at radius 3 is 2.74 bits per heavy atom. The maximum atomic E-state index is 11.8. The summed E-state index contributed by atoms with van der Waals surface area (Å²) in [6.07, 6.45) is 0. The van der Waals surface area contributed by atoms with E-state index in [4.69, 9.17) is 0 Å². The lowest BCUT2D eigenvalue weighted by molar-refractivity contribution is 0.101. The van der Waals surface area contributed by atoms with Gasteiger partial charge < -0.3 is 4.90 Å². The van der Waals surface area contributed by atoms with E-state index in [1.165, 1.54) is 4.88 Å². The van der Waals surface area contributed by atoms with Gasteiger partial charge in [-0.05, 0) is 43.5 Å². The van der Waals surface area contributed by atoms with Gasteiger partial charge in [-0.15, -0.1) is 11.3 Å². The number of hydrogen-bond donors (Lipinski definition) is 0. The molecule has 0 aliphatic rings. The number of benzene rings is 1. The van der Waals surface area contributed by atoms with Gasteiger partial charge in [-0.2, -0.15) is 0 Å². The molecule has 2 rings (SSSR count). The van der Waals surface area contributed by atoms with Crippen LogP contribution in [0.4, 0.5) is 5.69 Å². The van der Waals surface area contributed by atoms with Crippen LogP contribution in [0.1, 0.15) is 29.1 Å². The van der Waals surface area contributed by atoms with Crippen LogP contribution in [0.3, 0.4) is 0 Å². The first kappa shape index (κ1) is 14.3. The first-order valence-electron chi connectivity index (χ1n) is 6.19. The van der Waals surface area contributed by atoms with Gasteiger partial charge in [-0.3, -0.25) is 4.79 Å². The summed E-state index contributed by atoms with van der Waals surface area (Å²) in [7, 11) is 0. The van der Waals surface area contributed by atoms with Crippen LogP contribution < -0.4 is 4.90 Å². The molecule has 2 nitrogen and oxygen atoms in total. The Hall–Kier alpha value is -1.13. The van der Waals surface area contributed by atoms with Crippen molar-refractivity contribution in [2.45, 2.75) is 20.4 Å². The maximum Gasteiger partial charge on any atom is 0.161 e. The molecule has 0 N–H and O–H groups in total. The van der Waals surface area contributed by atoms with Crippen molar-refractivity contribution in [3.05, 3.63) is 50.6 Å². The summed E-state index contributed by atoms with van der Waals surface area (Å²) in [4.78, 5) is 15.3. The minimum atomic E-state index is 0.104. The lowest BCUT2D eigenvalue weighted by Gasteiger charge is -2.25. The van der Waals surface area contributed by atoms with Crippen molar-refractivity contribution in [2.75, 3.05) is 11.4 Å². The number of carbonyl (C=O) groups excluding carboxylic acids is 1. The molecule has 0 aliphatic heterocycles. The Kier molecular flexibility index (Phi) is 4.77. The minimum Gasteiger partial charge on any atom is -0.366 e. The summed E-state index contributed by atoms with van der Waals surface area (Å²) >= 11 is 5.23. The van der Waals surface area contributed by atoms with Crippen LogP contribution in [0.5, 0.6) is 0 Å². The Balaban J connectivity index is 2.36. The Labute approximate surface area is 126 Å². The van der Waals surface area contributed by atoms with Gasteiger partial charge >= 0.3 is 0 Å². The standard InChI is InChI=1S/C15H16BrNOS/c1-3-17(10-13-5-4-8-19-13)15-9-12(16)6-7-14(15)11(2)18/h4-9H,3,10H2,1-2H3. The third-order valence-electron chi connectivity index (χ3n) is 2.99. The number of nitrogens with zero attached hydrogens (tertiary/aromatic N) is 1. The number of anilines is 1. The first-order chi connectivity index (χ1) is 9.11. The fourth-order valence-electron chi connectivity index (χ4n) is 2.02. The number of halogens is 1. The van der Waals surface area contributed by atoms with Crippen LogP contribution in [0, 0.1) is 0 Å². The average Bonchev–Trinajstić information content (AvgIpc) is 2.88. The summed E-state index contributed by atoms with van der Waals surface area (Å²) in [5, 5.41) is 2.08. The number of thiophene rings is 1. The lowest BCUT2D eigenvalue weighted by atomic mass is 10.1. The van der Waals surface area contributed by atoms with Crippen molar-refractivity contribution in [1.82, 2.24) is 0 Å². The van der Waals surface area contributed by atoms with Crippen molar-refractivity contribution in [2.24, 2.45) is 0 Å². The Bertz CT molecular complexity index is 566. The molecule has 0 atom stereocenters. The largest absolute Gasteiger partial charge is 0.366 e. The molecule has 0 aliphatic carbocycles. The molecule has 0 saturated carbocycles. The molecule has 4 heteroatoms.